The minimum Gasteiger partial charge on any atom is -0.462 e. The van der Waals surface area contributed by atoms with Crippen LogP contribution in [0.1, 0.15) is 48.8 Å². The second kappa shape index (κ2) is 13.3. The standard InChI is InChI=1S/C33H40N6O3/c1-5-30(40)39-17-16-38(21-25(39)14-15-34)32-27-22-42-29(26-13-9-12-24-11-8-10-23(4)31(24)26)20-28(27)35-33(36-32)41-19-18-37(6-2)7-3/h5,8-13,25,29H,1,6-7,14,16-22H2,2-4H3/t25-,29-/m0/s1. The van der Waals surface area contributed by atoms with Gasteiger partial charge in [-0.25, -0.2) is 0 Å². The molecule has 1 fully saturated rings. The molecule has 5 rings (SSSR count). The first-order valence-corrected chi connectivity index (χ1v) is 14.9. The lowest BCUT2D eigenvalue weighted by molar-refractivity contribution is -0.128. The number of aromatic nitrogens is 2. The van der Waals surface area contributed by atoms with Crippen molar-refractivity contribution in [1.82, 2.24) is 19.8 Å². The third-order valence-electron chi connectivity index (χ3n) is 8.45. The van der Waals surface area contributed by atoms with E-state index in [-0.39, 0.29) is 24.5 Å². The van der Waals surface area contributed by atoms with Gasteiger partial charge in [-0.2, -0.15) is 15.2 Å². The van der Waals surface area contributed by atoms with Crippen LogP contribution in [0.15, 0.2) is 49.1 Å². The highest BCUT2D eigenvalue weighted by Gasteiger charge is 2.34. The van der Waals surface area contributed by atoms with E-state index in [2.05, 4.69) is 79.6 Å². The number of aryl methyl sites for hydroxylation is 1. The van der Waals surface area contributed by atoms with Crippen molar-refractivity contribution in [2.75, 3.05) is 50.8 Å². The van der Waals surface area contributed by atoms with Gasteiger partial charge in [0.25, 0.3) is 0 Å². The first-order chi connectivity index (χ1) is 20.5. The number of rotatable bonds is 10. The van der Waals surface area contributed by atoms with Crippen molar-refractivity contribution in [2.45, 2.75) is 52.4 Å². The molecule has 1 saturated heterocycles. The van der Waals surface area contributed by atoms with Gasteiger partial charge < -0.3 is 24.2 Å². The number of nitriles is 1. The fourth-order valence-corrected chi connectivity index (χ4v) is 6.13. The summed E-state index contributed by atoms with van der Waals surface area (Å²) >= 11 is 0. The zero-order valence-corrected chi connectivity index (χ0v) is 24.9. The average Bonchev–Trinajstić information content (AvgIpc) is 3.02. The third-order valence-corrected chi connectivity index (χ3v) is 8.45. The number of anilines is 1. The summed E-state index contributed by atoms with van der Waals surface area (Å²) in [5, 5.41) is 11.9. The maximum atomic E-state index is 12.5. The molecule has 2 aromatic carbocycles. The fourth-order valence-electron chi connectivity index (χ4n) is 6.13. The van der Waals surface area contributed by atoms with Crippen molar-refractivity contribution in [1.29, 1.82) is 5.26 Å². The van der Waals surface area contributed by atoms with E-state index in [0.717, 1.165) is 42.3 Å². The molecule has 3 aromatic rings. The van der Waals surface area contributed by atoms with Crippen LogP contribution in [0.25, 0.3) is 10.8 Å². The van der Waals surface area contributed by atoms with Crippen LogP contribution in [0.3, 0.4) is 0 Å². The van der Waals surface area contributed by atoms with Crippen LogP contribution < -0.4 is 9.64 Å². The topological polar surface area (TPSA) is 94.8 Å². The number of likely N-dealkylation sites (N-methyl/N-ethyl adjacent to an activating group) is 1. The lowest BCUT2D eigenvalue weighted by Crippen LogP contribution is -2.55. The summed E-state index contributed by atoms with van der Waals surface area (Å²) in [7, 11) is 0. The van der Waals surface area contributed by atoms with Gasteiger partial charge in [-0.15, -0.1) is 0 Å². The summed E-state index contributed by atoms with van der Waals surface area (Å²) in [6.07, 6.45) is 2.00. The molecule has 0 spiro atoms. The van der Waals surface area contributed by atoms with E-state index in [1.165, 1.54) is 22.4 Å². The molecule has 3 heterocycles. The number of amides is 1. The second-order valence-electron chi connectivity index (χ2n) is 10.9. The van der Waals surface area contributed by atoms with Crippen LogP contribution in [0.2, 0.25) is 0 Å². The Balaban J connectivity index is 1.48. The minimum atomic E-state index is -0.261. The van der Waals surface area contributed by atoms with Crippen LogP contribution in [0, 0.1) is 18.3 Å². The number of hydrogen-bond donors (Lipinski definition) is 0. The first kappa shape index (κ1) is 29.5. The van der Waals surface area contributed by atoms with Gasteiger partial charge in [0.05, 0.1) is 36.9 Å². The molecule has 0 bridgehead atoms. The van der Waals surface area contributed by atoms with Crippen molar-refractivity contribution in [2.24, 2.45) is 0 Å². The number of ether oxygens (including phenoxy) is 2. The van der Waals surface area contributed by atoms with Gasteiger partial charge >= 0.3 is 6.01 Å². The smallest absolute Gasteiger partial charge is 0.318 e. The summed E-state index contributed by atoms with van der Waals surface area (Å²) < 4.78 is 12.7. The molecular weight excluding hydrogens is 528 g/mol. The SMILES string of the molecule is C=CC(=O)N1CCN(c2nc(OCCN(CC)CC)nc3c2CO[C@H](c2cccc4cccc(C)c24)C3)C[C@@H]1CC#N. The van der Waals surface area contributed by atoms with Gasteiger partial charge in [0, 0.05) is 38.2 Å². The molecule has 2 aliphatic heterocycles. The Kier molecular flexibility index (Phi) is 9.35. The predicted molar refractivity (Wildman–Crippen MR) is 163 cm³/mol. The zero-order valence-electron chi connectivity index (χ0n) is 24.9. The summed E-state index contributed by atoms with van der Waals surface area (Å²) in [6, 6.07) is 15.1. The average molecular weight is 569 g/mol. The lowest BCUT2D eigenvalue weighted by atomic mass is 9.92. The van der Waals surface area contributed by atoms with E-state index < -0.39 is 0 Å². The van der Waals surface area contributed by atoms with Crippen molar-refractivity contribution in [3.05, 3.63) is 71.4 Å². The second-order valence-corrected chi connectivity index (χ2v) is 10.9. The van der Waals surface area contributed by atoms with E-state index in [4.69, 9.17) is 19.4 Å². The highest BCUT2D eigenvalue weighted by Crippen LogP contribution is 2.38. The number of carbonyl (C=O) groups excluding carboxylic acids is 1. The van der Waals surface area contributed by atoms with Crippen molar-refractivity contribution < 1.29 is 14.3 Å². The molecule has 0 N–H and O–H groups in total. The van der Waals surface area contributed by atoms with Crippen molar-refractivity contribution in [3.63, 3.8) is 0 Å². The molecule has 2 aliphatic rings. The molecule has 1 amide bonds. The maximum absolute atomic E-state index is 12.5. The van der Waals surface area contributed by atoms with Crippen LogP contribution in [0.4, 0.5) is 5.82 Å². The number of benzene rings is 2. The van der Waals surface area contributed by atoms with E-state index in [0.29, 0.717) is 45.3 Å². The summed E-state index contributed by atoms with van der Waals surface area (Å²) in [5.41, 5.74) is 4.24. The lowest BCUT2D eigenvalue weighted by Gasteiger charge is -2.41. The van der Waals surface area contributed by atoms with Crippen molar-refractivity contribution in [3.8, 4) is 12.1 Å². The van der Waals surface area contributed by atoms with Crippen molar-refractivity contribution >= 4 is 22.5 Å². The first-order valence-electron chi connectivity index (χ1n) is 14.9. The molecule has 42 heavy (non-hydrogen) atoms. The molecular formula is C33H40N6O3. The number of nitrogens with zero attached hydrogens (tertiary/aromatic N) is 6. The summed E-state index contributed by atoms with van der Waals surface area (Å²) in [4.78, 5) is 28.5. The molecule has 220 valence electrons. The van der Waals surface area contributed by atoms with Crippen LogP contribution in [-0.4, -0.2) is 77.6 Å². The Morgan fingerprint density at radius 2 is 2.00 bits per heavy atom. The molecule has 2 atom stereocenters. The Bertz CT molecular complexity index is 1480. The molecule has 9 nitrogen and oxygen atoms in total. The van der Waals surface area contributed by atoms with E-state index >= 15 is 0 Å². The number of hydrogen-bond acceptors (Lipinski definition) is 8. The molecule has 1 aromatic heterocycles. The number of piperazine rings is 1. The molecule has 9 heteroatoms. The third kappa shape index (κ3) is 6.10. The van der Waals surface area contributed by atoms with Crippen LogP contribution >= 0.6 is 0 Å². The maximum Gasteiger partial charge on any atom is 0.318 e. The summed E-state index contributed by atoms with van der Waals surface area (Å²) in [5.74, 6) is 0.607. The zero-order chi connectivity index (χ0) is 29.6. The monoisotopic (exact) mass is 568 g/mol. The van der Waals surface area contributed by atoms with Gasteiger partial charge in [0.1, 0.15) is 12.4 Å². The van der Waals surface area contributed by atoms with Gasteiger partial charge in [-0.1, -0.05) is 56.8 Å². The quantitative estimate of drug-likeness (QED) is 0.328. The Morgan fingerprint density at radius 1 is 1.21 bits per heavy atom. The Labute approximate surface area is 248 Å². The van der Waals surface area contributed by atoms with Gasteiger partial charge in [-0.05, 0) is 48.0 Å². The van der Waals surface area contributed by atoms with Crippen LogP contribution in [-0.2, 0) is 22.6 Å². The highest BCUT2D eigenvalue weighted by atomic mass is 16.5. The van der Waals surface area contributed by atoms with E-state index in [9.17, 15) is 10.1 Å². The van der Waals surface area contributed by atoms with E-state index in [1.807, 2.05) is 0 Å². The van der Waals surface area contributed by atoms with Gasteiger partial charge in [0.15, 0.2) is 0 Å². The predicted octanol–water partition coefficient (Wildman–Crippen LogP) is 4.59. The molecule has 0 saturated carbocycles. The number of carbonyl (C=O) groups is 1. The highest BCUT2D eigenvalue weighted by molar-refractivity contribution is 5.89. The largest absolute Gasteiger partial charge is 0.462 e. The fraction of sp³-hybridized carbons (Fsp3) is 0.455. The van der Waals surface area contributed by atoms with Gasteiger partial charge in [0.2, 0.25) is 5.91 Å². The molecule has 0 unspecified atom stereocenters. The minimum absolute atomic E-state index is 0.151. The Hall–Kier alpha value is -4.00. The molecule has 0 aliphatic carbocycles. The van der Waals surface area contributed by atoms with E-state index in [1.54, 1.807) is 4.90 Å². The normalized spacial score (nSPS) is 18.5. The Morgan fingerprint density at radius 3 is 2.74 bits per heavy atom. The number of fused-ring (bicyclic) bond motifs is 2. The van der Waals surface area contributed by atoms with Crippen LogP contribution in [0.5, 0.6) is 6.01 Å². The van der Waals surface area contributed by atoms with Gasteiger partial charge in [-0.3, -0.25) is 4.79 Å². The summed E-state index contributed by atoms with van der Waals surface area (Å²) in [6.45, 7) is 15.2. The molecule has 0 radical (unpaired) electrons.